The second-order valence-corrected chi connectivity index (χ2v) is 5.65. The molecule has 0 fully saturated rings. The minimum atomic E-state index is 0.0496. The van der Waals surface area contributed by atoms with Crippen LogP contribution in [0.25, 0.3) is 5.65 Å². The predicted octanol–water partition coefficient (Wildman–Crippen LogP) is 1.97. The zero-order valence-electron chi connectivity index (χ0n) is 12.7. The monoisotopic (exact) mass is 308 g/mol. The van der Waals surface area contributed by atoms with Gasteiger partial charge in [0.1, 0.15) is 5.82 Å². The summed E-state index contributed by atoms with van der Waals surface area (Å²) in [6.07, 6.45) is 0.470. The number of para-hydroxylation sites is 1. The Morgan fingerprint density at radius 3 is 3.04 bits per heavy atom. The van der Waals surface area contributed by atoms with E-state index in [-0.39, 0.29) is 11.8 Å². The van der Waals surface area contributed by atoms with Gasteiger partial charge in [-0.3, -0.25) is 4.79 Å². The van der Waals surface area contributed by atoms with E-state index in [1.54, 1.807) is 4.52 Å². The molecule has 0 aliphatic carbocycles. The van der Waals surface area contributed by atoms with Crippen LogP contribution in [0.1, 0.15) is 23.7 Å². The largest absolute Gasteiger partial charge is 0.368 e. The Kier molecular flexibility index (Phi) is 3.18. The van der Waals surface area contributed by atoms with Crippen molar-refractivity contribution >= 4 is 23.1 Å². The molecular formula is C16H16N6O. The smallest absolute Gasteiger partial charge is 0.225 e. The zero-order valence-corrected chi connectivity index (χ0v) is 12.7. The number of carbonyl (C=O) groups excluding carboxylic acids is 1. The molecule has 7 nitrogen and oxygen atoms in total. The van der Waals surface area contributed by atoms with E-state index in [1.165, 1.54) is 0 Å². The summed E-state index contributed by atoms with van der Waals surface area (Å²) in [5.74, 6) is 1.66. The highest BCUT2D eigenvalue weighted by Crippen LogP contribution is 2.31. The van der Waals surface area contributed by atoms with Crippen LogP contribution in [-0.2, 0) is 4.79 Å². The standard InChI is InChI=1S/C16H16N6O/c1-10-19-20-15-7-6-14(21-22(10)15)17-9-11-8-16(23)18-13-5-3-2-4-12(11)13/h2-7,11H,8-9H2,1H3,(H,17,21)(H,18,23)/t11-/m1/s1. The Morgan fingerprint density at radius 2 is 2.13 bits per heavy atom. The number of aryl methyl sites for hydroxylation is 1. The fraction of sp³-hybridized carbons (Fsp3) is 0.250. The summed E-state index contributed by atoms with van der Waals surface area (Å²) in [7, 11) is 0. The van der Waals surface area contributed by atoms with Crippen LogP contribution in [0.4, 0.5) is 11.5 Å². The molecule has 0 saturated carbocycles. The number of nitrogens with one attached hydrogen (secondary N) is 2. The molecule has 2 aromatic heterocycles. The zero-order chi connectivity index (χ0) is 15.8. The molecule has 1 amide bonds. The van der Waals surface area contributed by atoms with Gasteiger partial charge in [0.05, 0.1) is 0 Å². The average molecular weight is 308 g/mol. The molecule has 1 atom stereocenters. The summed E-state index contributed by atoms with van der Waals surface area (Å²) in [6.45, 7) is 2.50. The summed E-state index contributed by atoms with van der Waals surface area (Å²) in [4.78, 5) is 11.9. The number of benzene rings is 1. The van der Waals surface area contributed by atoms with Crippen LogP contribution in [-0.4, -0.2) is 32.3 Å². The molecule has 0 unspecified atom stereocenters. The van der Waals surface area contributed by atoms with Gasteiger partial charge in [0, 0.05) is 24.6 Å². The average Bonchev–Trinajstić information content (AvgIpc) is 2.93. The lowest BCUT2D eigenvalue weighted by atomic mass is 9.90. The van der Waals surface area contributed by atoms with Gasteiger partial charge in [-0.15, -0.1) is 15.3 Å². The lowest BCUT2D eigenvalue weighted by Gasteiger charge is -2.25. The van der Waals surface area contributed by atoms with Crippen molar-refractivity contribution in [2.45, 2.75) is 19.3 Å². The van der Waals surface area contributed by atoms with Gasteiger partial charge in [-0.05, 0) is 30.7 Å². The van der Waals surface area contributed by atoms with E-state index in [0.717, 1.165) is 28.5 Å². The van der Waals surface area contributed by atoms with Gasteiger partial charge in [-0.2, -0.15) is 4.52 Å². The molecule has 7 heteroatoms. The third kappa shape index (κ3) is 2.50. The van der Waals surface area contributed by atoms with Crippen molar-refractivity contribution in [2.75, 3.05) is 17.2 Å². The van der Waals surface area contributed by atoms with E-state index in [1.807, 2.05) is 37.3 Å². The SMILES string of the molecule is Cc1nnc2ccc(NC[C@H]3CC(=O)Nc4ccccc43)nn12. The molecule has 0 saturated heterocycles. The quantitative estimate of drug-likeness (QED) is 0.773. The normalized spacial score (nSPS) is 16.9. The highest BCUT2D eigenvalue weighted by molar-refractivity contribution is 5.94. The van der Waals surface area contributed by atoms with E-state index in [4.69, 9.17) is 0 Å². The van der Waals surface area contributed by atoms with E-state index in [0.29, 0.717) is 13.0 Å². The second-order valence-electron chi connectivity index (χ2n) is 5.65. The van der Waals surface area contributed by atoms with Crippen molar-refractivity contribution in [3.8, 4) is 0 Å². The number of nitrogens with zero attached hydrogens (tertiary/aromatic N) is 4. The molecule has 0 spiro atoms. The molecule has 1 aliphatic heterocycles. The molecule has 116 valence electrons. The molecule has 0 bridgehead atoms. The van der Waals surface area contributed by atoms with Gasteiger partial charge in [0.15, 0.2) is 11.5 Å². The van der Waals surface area contributed by atoms with E-state index in [2.05, 4.69) is 32.0 Å². The van der Waals surface area contributed by atoms with Crippen LogP contribution in [0.2, 0.25) is 0 Å². The number of rotatable bonds is 3. The van der Waals surface area contributed by atoms with Crippen LogP contribution in [0, 0.1) is 6.92 Å². The summed E-state index contributed by atoms with van der Waals surface area (Å²) in [5, 5.41) is 18.7. The van der Waals surface area contributed by atoms with E-state index >= 15 is 0 Å². The number of hydrogen-bond acceptors (Lipinski definition) is 5. The first-order chi connectivity index (χ1) is 11.2. The maximum Gasteiger partial charge on any atom is 0.225 e. The van der Waals surface area contributed by atoms with Gasteiger partial charge >= 0.3 is 0 Å². The summed E-state index contributed by atoms with van der Waals surface area (Å²) in [5.41, 5.74) is 2.77. The molecular weight excluding hydrogens is 292 g/mol. The highest BCUT2D eigenvalue weighted by atomic mass is 16.1. The van der Waals surface area contributed by atoms with Gasteiger partial charge in [-0.1, -0.05) is 18.2 Å². The van der Waals surface area contributed by atoms with E-state index in [9.17, 15) is 4.79 Å². The third-order valence-corrected chi connectivity index (χ3v) is 4.05. The van der Waals surface area contributed by atoms with Crippen molar-refractivity contribution in [3.05, 3.63) is 47.8 Å². The highest BCUT2D eigenvalue weighted by Gasteiger charge is 2.24. The number of aromatic nitrogens is 4. The Morgan fingerprint density at radius 1 is 1.26 bits per heavy atom. The lowest BCUT2D eigenvalue weighted by molar-refractivity contribution is -0.116. The van der Waals surface area contributed by atoms with Crippen molar-refractivity contribution in [2.24, 2.45) is 0 Å². The fourth-order valence-electron chi connectivity index (χ4n) is 2.90. The molecule has 0 radical (unpaired) electrons. The van der Waals surface area contributed by atoms with Crippen LogP contribution in [0.5, 0.6) is 0 Å². The molecule has 23 heavy (non-hydrogen) atoms. The number of carbonyl (C=O) groups is 1. The summed E-state index contributed by atoms with van der Waals surface area (Å²) >= 11 is 0. The summed E-state index contributed by atoms with van der Waals surface area (Å²) in [6, 6.07) is 11.7. The second kappa shape index (κ2) is 5.35. The topological polar surface area (TPSA) is 84.2 Å². The van der Waals surface area contributed by atoms with Crippen LogP contribution in [0.3, 0.4) is 0 Å². The Labute approximate surface area is 132 Å². The third-order valence-electron chi connectivity index (χ3n) is 4.05. The number of hydrogen-bond donors (Lipinski definition) is 2. The van der Waals surface area contributed by atoms with Gasteiger partial charge in [0.25, 0.3) is 0 Å². The Hall–Kier alpha value is -2.96. The van der Waals surface area contributed by atoms with Crippen LogP contribution in [0.15, 0.2) is 36.4 Å². The lowest BCUT2D eigenvalue weighted by Crippen LogP contribution is -2.27. The van der Waals surface area contributed by atoms with Crippen LogP contribution >= 0.6 is 0 Å². The Balaban J connectivity index is 1.56. The predicted molar refractivity (Wildman–Crippen MR) is 86.4 cm³/mol. The van der Waals surface area contributed by atoms with E-state index < -0.39 is 0 Å². The minimum absolute atomic E-state index is 0.0496. The van der Waals surface area contributed by atoms with Crippen molar-refractivity contribution in [1.82, 2.24) is 19.8 Å². The number of fused-ring (bicyclic) bond motifs is 2. The maximum absolute atomic E-state index is 11.9. The first-order valence-corrected chi connectivity index (χ1v) is 7.52. The molecule has 3 heterocycles. The van der Waals surface area contributed by atoms with Gasteiger partial charge in [-0.25, -0.2) is 0 Å². The molecule has 4 rings (SSSR count). The fourth-order valence-corrected chi connectivity index (χ4v) is 2.90. The summed E-state index contributed by atoms with van der Waals surface area (Å²) < 4.78 is 1.70. The number of amides is 1. The number of anilines is 2. The molecule has 1 aromatic carbocycles. The van der Waals surface area contributed by atoms with Crippen molar-refractivity contribution in [3.63, 3.8) is 0 Å². The molecule has 2 N–H and O–H groups in total. The first-order valence-electron chi connectivity index (χ1n) is 7.52. The maximum atomic E-state index is 11.9. The Bertz CT molecular complexity index is 887. The van der Waals surface area contributed by atoms with Crippen molar-refractivity contribution in [1.29, 1.82) is 0 Å². The first kappa shape index (κ1) is 13.7. The van der Waals surface area contributed by atoms with Crippen molar-refractivity contribution < 1.29 is 4.79 Å². The van der Waals surface area contributed by atoms with Gasteiger partial charge in [0.2, 0.25) is 5.91 Å². The molecule has 1 aliphatic rings. The van der Waals surface area contributed by atoms with Crippen LogP contribution < -0.4 is 10.6 Å². The molecule has 3 aromatic rings. The van der Waals surface area contributed by atoms with Gasteiger partial charge < -0.3 is 10.6 Å². The minimum Gasteiger partial charge on any atom is -0.368 e.